The molecule has 3 atom stereocenters. The molecule has 0 radical (unpaired) electrons. The van der Waals surface area contributed by atoms with Crippen LogP contribution in [0.2, 0.25) is 0 Å². The summed E-state index contributed by atoms with van der Waals surface area (Å²) in [6.07, 6.45) is 4.21. The van der Waals surface area contributed by atoms with Gasteiger partial charge in [0.25, 0.3) is 0 Å². The number of carbonyl (C=O) groups excluding carboxylic acids is 2. The number of aromatic nitrogens is 1. The zero-order chi connectivity index (χ0) is 21.5. The summed E-state index contributed by atoms with van der Waals surface area (Å²) in [5.41, 5.74) is 7.84. The fraction of sp³-hybridized carbons (Fsp3) is 0.318. The van der Waals surface area contributed by atoms with Crippen molar-refractivity contribution >= 4 is 11.8 Å². The second-order valence-corrected chi connectivity index (χ2v) is 7.16. The van der Waals surface area contributed by atoms with Gasteiger partial charge in [-0.25, -0.2) is 0 Å². The highest BCUT2D eigenvalue weighted by atomic mass is 16.2. The third kappa shape index (κ3) is 4.80. The van der Waals surface area contributed by atoms with Crippen LogP contribution in [0.4, 0.5) is 0 Å². The third-order valence-corrected chi connectivity index (χ3v) is 5.07. The maximum absolute atomic E-state index is 12.7. The smallest absolute Gasteiger partial charge is 0.241 e. The average Bonchev–Trinajstić information content (AvgIpc) is 3.26. The van der Waals surface area contributed by atoms with Gasteiger partial charge in [-0.2, -0.15) is 10.5 Å². The van der Waals surface area contributed by atoms with E-state index in [-0.39, 0.29) is 6.42 Å². The molecule has 1 aliphatic rings. The van der Waals surface area contributed by atoms with Crippen molar-refractivity contribution in [3.05, 3.63) is 65.5 Å². The Morgan fingerprint density at radius 1 is 1.23 bits per heavy atom. The number of pyridine rings is 1. The van der Waals surface area contributed by atoms with Crippen molar-refractivity contribution in [2.45, 2.75) is 37.4 Å². The topological polar surface area (TPSA) is 136 Å². The number of nitrogens with two attached hydrogens (primary N) is 1. The van der Waals surface area contributed by atoms with Crippen molar-refractivity contribution in [1.82, 2.24) is 15.2 Å². The van der Waals surface area contributed by atoms with Gasteiger partial charge in [0.05, 0.1) is 30.1 Å². The van der Waals surface area contributed by atoms with E-state index < -0.39 is 29.9 Å². The van der Waals surface area contributed by atoms with Crippen molar-refractivity contribution in [2.75, 3.05) is 6.54 Å². The van der Waals surface area contributed by atoms with Gasteiger partial charge in [-0.15, -0.1) is 0 Å². The van der Waals surface area contributed by atoms with Crippen molar-refractivity contribution in [3.8, 4) is 12.1 Å². The summed E-state index contributed by atoms with van der Waals surface area (Å²) in [7, 11) is 0. The highest BCUT2D eigenvalue weighted by Crippen LogP contribution is 2.23. The first-order chi connectivity index (χ1) is 14.5. The summed E-state index contributed by atoms with van der Waals surface area (Å²) in [4.78, 5) is 30.8. The Bertz CT molecular complexity index is 995. The molecule has 3 rings (SSSR count). The summed E-state index contributed by atoms with van der Waals surface area (Å²) in [5.74, 6) is -0.793. The first-order valence-corrected chi connectivity index (χ1v) is 9.68. The van der Waals surface area contributed by atoms with Crippen LogP contribution in [0.15, 0.2) is 48.8 Å². The van der Waals surface area contributed by atoms with Crippen molar-refractivity contribution < 1.29 is 9.59 Å². The summed E-state index contributed by atoms with van der Waals surface area (Å²) < 4.78 is 0. The van der Waals surface area contributed by atoms with E-state index in [9.17, 15) is 9.59 Å². The number of benzene rings is 1. The Labute approximate surface area is 174 Å². The van der Waals surface area contributed by atoms with Crippen molar-refractivity contribution in [1.29, 1.82) is 10.5 Å². The molecule has 2 amide bonds. The average molecular weight is 402 g/mol. The number of carbonyl (C=O) groups is 2. The predicted molar refractivity (Wildman–Crippen MR) is 108 cm³/mol. The van der Waals surface area contributed by atoms with Gasteiger partial charge in [-0.05, 0) is 30.0 Å². The molecule has 1 aromatic heterocycles. The lowest BCUT2D eigenvalue weighted by Gasteiger charge is -2.24. The maximum atomic E-state index is 12.7. The van der Waals surface area contributed by atoms with E-state index in [1.54, 1.807) is 12.3 Å². The number of amides is 2. The van der Waals surface area contributed by atoms with Crippen molar-refractivity contribution in [2.24, 2.45) is 5.73 Å². The van der Waals surface area contributed by atoms with Crippen LogP contribution in [0.1, 0.15) is 42.0 Å². The molecule has 8 heteroatoms. The van der Waals surface area contributed by atoms with Gasteiger partial charge in [0.15, 0.2) is 0 Å². The second kappa shape index (κ2) is 9.64. The summed E-state index contributed by atoms with van der Waals surface area (Å²) in [5, 5.41) is 21.2. The Morgan fingerprint density at radius 3 is 2.70 bits per heavy atom. The van der Waals surface area contributed by atoms with E-state index >= 15 is 0 Å². The third-order valence-electron chi connectivity index (χ3n) is 5.07. The lowest BCUT2D eigenvalue weighted by Crippen LogP contribution is -2.47. The largest absolute Gasteiger partial charge is 0.345 e. The lowest BCUT2D eigenvalue weighted by molar-refractivity contribution is -0.135. The van der Waals surface area contributed by atoms with Crippen molar-refractivity contribution in [3.63, 3.8) is 0 Å². The van der Waals surface area contributed by atoms with Gasteiger partial charge in [0, 0.05) is 18.9 Å². The van der Waals surface area contributed by atoms with Crippen LogP contribution < -0.4 is 11.1 Å². The highest BCUT2D eigenvalue weighted by molar-refractivity contribution is 5.89. The molecule has 0 bridgehead atoms. The zero-order valence-corrected chi connectivity index (χ0v) is 16.4. The molecule has 3 N–H and O–H groups in total. The normalized spacial score (nSPS) is 17.4. The molecule has 1 fully saturated rings. The Balaban J connectivity index is 1.74. The number of hydrogen-bond donors (Lipinski definition) is 2. The first-order valence-electron chi connectivity index (χ1n) is 9.68. The molecule has 0 spiro atoms. The van der Waals surface area contributed by atoms with E-state index in [0.717, 1.165) is 12.0 Å². The van der Waals surface area contributed by atoms with Crippen LogP contribution in [-0.2, 0) is 9.59 Å². The monoisotopic (exact) mass is 402 g/mol. The Kier molecular flexibility index (Phi) is 6.74. The Morgan fingerprint density at radius 2 is 2.00 bits per heavy atom. The molecule has 2 heterocycles. The summed E-state index contributed by atoms with van der Waals surface area (Å²) >= 11 is 0. The van der Waals surface area contributed by atoms with Crippen LogP contribution in [0.5, 0.6) is 0 Å². The van der Waals surface area contributed by atoms with E-state index in [1.165, 1.54) is 11.1 Å². The Hall–Kier alpha value is -3.75. The van der Waals surface area contributed by atoms with Gasteiger partial charge in [0.1, 0.15) is 12.1 Å². The number of rotatable bonds is 6. The standard InChI is InChI=1S/C22H22N6O2/c23-11-15-9-17(14-26-13-15)21(16-5-2-1-3-6-16)27-20(29)10-19(25)22(30)28-8-4-7-18(28)12-24/h1-3,5-6,9,13-14,18-19,21H,4,7-8,10,25H2,(H,27,29)/t18-,19-,21?/m0/s1. The summed E-state index contributed by atoms with van der Waals surface area (Å²) in [6, 6.07) is 13.0. The quantitative estimate of drug-likeness (QED) is 0.749. The predicted octanol–water partition coefficient (Wildman–Crippen LogP) is 1.39. The van der Waals surface area contributed by atoms with Gasteiger partial charge >= 0.3 is 0 Å². The number of nitriles is 2. The van der Waals surface area contributed by atoms with Gasteiger partial charge in [0.2, 0.25) is 11.8 Å². The van der Waals surface area contributed by atoms with Gasteiger partial charge in [-0.3, -0.25) is 14.6 Å². The molecule has 1 aliphatic heterocycles. The van der Waals surface area contributed by atoms with E-state index in [4.69, 9.17) is 16.3 Å². The fourth-order valence-corrected chi connectivity index (χ4v) is 3.57. The minimum atomic E-state index is -1.03. The minimum Gasteiger partial charge on any atom is -0.345 e. The number of nitrogens with one attached hydrogen (secondary N) is 1. The first kappa shape index (κ1) is 21.0. The van der Waals surface area contributed by atoms with E-state index in [0.29, 0.717) is 24.1 Å². The molecule has 0 saturated carbocycles. The molecule has 1 unspecified atom stereocenters. The van der Waals surface area contributed by atoms with Gasteiger partial charge in [-0.1, -0.05) is 30.3 Å². The lowest BCUT2D eigenvalue weighted by atomic mass is 9.98. The minimum absolute atomic E-state index is 0.206. The number of nitrogens with zero attached hydrogens (tertiary/aromatic N) is 4. The maximum Gasteiger partial charge on any atom is 0.241 e. The molecule has 0 aliphatic carbocycles. The SMILES string of the molecule is N#Cc1cncc(C(NC(=O)C[C@H](N)C(=O)N2CCC[C@H]2C#N)c2ccccc2)c1. The van der Waals surface area contributed by atoms with E-state index in [1.807, 2.05) is 36.4 Å². The van der Waals surface area contributed by atoms with Crippen LogP contribution >= 0.6 is 0 Å². The molecule has 1 saturated heterocycles. The molecule has 30 heavy (non-hydrogen) atoms. The van der Waals surface area contributed by atoms with E-state index in [2.05, 4.69) is 16.4 Å². The van der Waals surface area contributed by atoms with Crippen LogP contribution in [0, 0.1) is 22.7 Å². The number of hydrogen-bond acceptors (Lipinski definition) is 6. The summed E-state index contributed by atoms with van der Waals surface area (Å²) in [6.45, 7) is 0.478. The number of likely N-dealkylation sites (tertiary alicyclic amines) is 1. The molecular weight excluding hydrogens is 380 g/mol. The van der Waals surface area contributed by atoms with Crippen LogP contribution in [-0.4, -0.2) is 40.3 Å². The molecular formula is C22H22N6O2. The fourth-order valence-electron chi connectivity index (χ4n) is 3.57. The molecule has 152 valence electrons. The van der Waals surface area contributed by atoms with Crippen LogP contribution in [0.3, 0.4) is 0 Å². The second-order valence-electron chi connectivity index (χ2n) is 7.16. The van der Waals surface area contributed by atoms with Crippen LogP contribution in [0.25, 0.3) is 0 Å². The highest BCUT2D eigenvalue weighted by Gasteiger charge is 2.32. The molecule has 8 nitrogen and oxygen atoms in total. The molecule has 2 aromatic rings. The zero-order valence-electron chi connectivity index (χ0n) is 16.4. The van der Waals surface area contributed by atoms with Gasteiger partial charge < -0.3 is 16.0 Å². The molecule has 1 aromatic carbocycles.